The van der Waals surface area contributed by atoms with Crippen LogP contribution in [0.25, 0.3) is 0 Å². The van der Waals surface area contributed by atoms with Crippen LogP contribution in [-0.2, 0) is 32.8 Å². The molecule has 0 spiro atoms. The first-order valence-corrected chi connectivity index (χ1v) is 15.4. The van der Waals surface area contributed by atoms with Crippen LogP contribution < -0.4 is 14.4 Å². The molecule has 0 bridgehead atoms. The van der Waals surface area contributed by atoms with Crippen molar-refractivity contribution in [2.75, 3.05) is 17.1 Å². The largest absolute Gasteiger partial charge is 0.489 e. The fourth-order valence-electron chi connectivity index (χ4n) is 4.21. The Balaban J connectivity index is 1.85. The van der Waals surface area contributed by atoms with E-state index in [0.717, 1.165) is 16.1 Å². The molecule has 0 aliphatic rings. The second-order valence-electron chi connectivity index (χ2n) is 9.93. The quantitative estimate of drug-likeness (QED) is 0.292. The number of carbonyl (C=O) groups is 2. The smallest absolute Gasteiger partial charge is 0.244 e. The SMILES string of the molecule is CC[C@H](C)NC(=O)[C@H](CC)N(Cc1ccc(F)cc1)C(=O)CN(c1ccc(OCc2ccccc2)cc1)S(C)(=O)=O. The fourth-order valence-corrected chi connectivity index (χ4v) is 5.06. The zero-order valence-electron chi connectivity index (χ0n) is 23.9. The lowest BCUT2D eigenvalue weighted by atomic mass is 10.1. The van der Waals surface area contributed by atoms with Crippen LogP contribution in [0.3, 0.4) is 0 Å². The van der Waals surface area contributed by atoms with Gasteiger partial charge in [-0.2, -0.15) is 0 Å². The molecule has 0 fully saturated rings. The Morgan fingerprint density at radius 3 is 2.10 bits per heavy atom. The number of rotatable bonds is 14. The average Bonchev–Trinajstić information content (AvgIpc) is 2.95. The molecule has 0 unspecified atom stereocenters. The highest BCUT2D eigenvalue weighted by Gasteiger charge is 2.32. The number of carbonyl (C=O) groups excluding carboxylic acids is 2. The van der Waals surface area contributed by atoms with Crippen LogP contribution in [0, 0.1) is 5.82 Å². The number of benzene rings is 3. The molecule has 220 valence electrons. The van der Waals surface area contributed by atoms with Gasteiger partial charge in [-0.1, -0.05) is 56.3 Å². The minimum absolute atomic E-state index is 0.00934. The maximum Gasteiger partial charge on any atom is 0.244 e. The number of nitrogens with one attached hydrogen (secondary N) is 1. The maximum atomic E-state index is 13.8. The van der Waals surface area contributed by atoms with Gasteiger partial charge in [0.1, 0.15) is 30.8 Å². The third kappa shape index (κ3) is 9.31. The zero-order valence-corrected chi connectivity index (χ0v) is 24.7. The predicted octanol–water partition coefficient (Wildman–Crippen LogP) is 4.89. The van der Waals surface area contributed by atoms with Crippen LogP contribution in [0.1, 0.15) is 44.7 Å². The summed E-state index contributed by atoms with van der Waals surface area (Å²) < 4.78 is 46.0. The number of nitrogens with zero attached hydrogens (tertiary/aromatic N) is 2. The molecule has 0 aliphatic carbocycles. The molecule has 2 atom stereocenters. The minimum Gasteiger partial charge on any atom is -0.489 e. The topological polar surface area (TPSA) is 96.0 Å². The van der Waals surface area contributed by atoms with E-state index in [4.69, 9.17) is 4.74 Å². The van der Waals surface area contributed by atoms with E-state index in [2.05, 4.69) is 5.32 Å². The Morgan fingerprint density at radius 2 is 1.54 bits per heavy atom. The minimum atomic E-state index is -3.87. The normalized spacial score (nSPS) is 12.7. The summed E-state index contributed by atoms with van der Waals surface area (Å²) in [6.45, 7) is 5.44. The van der Waals surface area contributed by atoms with E-state index in [1.165, 1.54) is 29.2 Å². The fraction of sp³-hybridized carbons (Fsp3) is 0.355. The van der Waals surface area contributed by atoms with Gasteiger partial charge in [0.25, 0.3) is 0 Å². The molecule has 0 saturated heterocycles. The van der Waals surface area contributed by atoms with E-state index in [1.54, 1.807) is 31.2 Å². The van der Waals surface area contributed by atoms with Gasteiger partial charge in [-0.15, -0.1) is 0 Å². The average molecular weight is 584 g/mol. The first kappa shape index (κ1) is 31.6. The molecule has 0 aliphatic heterocycles. The van der Waals surface area contributed by atoms with Crippen molar-refractivity contribution in [3.63, 3.8) is 0 Å². The Morgan fingerprint density at radius 1 is 0.902 bits per heavy atom. The van der Waals surface area contributed by atoms with E-state index in [-0.39, 0.29) is 24.2 Å². The lowest BCUT2D eigenvalue weighted by molar-refractivity contribution is -0.140. The number of halogens is 1. The molecule has 0 radical (unpaired) electrons. The highest BCUT2D eigenvalue weighted by molar-refractivity contribution is 7.92. The molecule has 41 heavy (non-hydrogen) atoms. The van der Waals surface area contributed by atoms with Crippen LogP contribution in [-0.4, -0.2) is 50.0 Å². The standard InChI is InChI=1S/C31H38FN3O5S/c1-5-23(3)33-31(37)29(6-2)34(20-24-12-14-26(32)15-13-24)30(36)21-35(41(4,38)39)27-16-18-28(19-17-27)40-22-25-10-8-7-9-11-25/h7-19,23,29H,5-6,20-22H2,1-4H3,(H,33,37)/t23-,29-/m0/s1. The summed E-state index contributed by atoms with van der Waals surface area (Å²) in [7, 11) is -3.87. The molecular weight excluding hydrogens is 545 g/mol. The van der Waals surface area contributed by atoms with Crippen molar-refractivity contribution in [2.24, 2.45) is 0 Å². The van der Waals surface area contributed by atoms with E-state index in [1.807, 2.05) is 44.2 Å². The summed E-state index contributed by atoms with van der Waals surface area (Å²) >= 11 is 0. The molecule has 0 aromatic heterocycles. The lowest BCUT2D eigenvalue weighted by Crippen LogP contribution is -2.53. The van der Waals surface area contributed by atoms with Crippen molar-refractivity contribution in [1.82, 2.24) is 10.2 Å². The van der Waals surface area contributed by atoms with Crippen molar-refractivity contribution < 1.29 is 27.1 Å². The first-order valence-electron chi connectivity index (χ1n) is 13.6. The molecule has 0 saturated carbocycles. The third-order valence-electron chi connectivity index (χ3n) is 6.71. The van der Waals surface area contributed by atoms with E-state index in [9.17, 15) is 22.4 Å². The van der Waals surface area contributed by atoms with Gasteiger partial charge in [0.2, 0.25) is 21.8 Å². The zero-order chi connectivity index (χ0) is 30.0. The molecule has 3 aromatic rings. The van der Waals surface area contributed by atoms with Gasteiger partial charge in [0.15, 0.2) is 0 Å². The summed E-state index contributed by atoms with van der Waals surface area (Å²) in [6, 6.07) is 20.8. The van der Waals surface area contributed by atoms with Crippen molar-refractivity contribution >= 4 is 27.5 Å². The molecule has 3 aromatic carbocycles. The van der Waals surface area contributed by atoms with Crippen molar-refractivity contribution in [3.05, 3.63) is 95.8 Å². The number of ether oxygens (including phenoxy) is 1. The molecule has 8 nitrogen and oxygen atoms in total. The molecule has 1 N–H and O–H groups in total. The number of hydrogen-bond donors (Lipinski definition) is 1. The van der Waals surface area contributed by atoms with Gasteiger partial charge in [-0.25, -0.2) is 12.8 Å². The van der Waals surface area contributed by atoms with Crippen LogP contribution in [0.2, 0.25) is 0 Å². The number of hydrogen-bond acceptors (Lipinski definition) is 5. The Labute approximate surface area is 242 Å². The first-order chi connectivity index (χ1) is 19.5. The highest BCUT2D eigenvalue weighted by atomic mass is 32.2. The molecule has 2 amide bonds. The summed E-state index contributed by atoms with van der Waals surface area (Å²) in [5, 5.41) is 2.92. The number of sulfonamides is 1. The second kappa shape index (κ2) is 14.6. The monoisotopic (exact) mass is 583 g/mol. The van der Waals surface area contributed by atoms with E-state index in [0.29, 0.717) is 30.8 Å². The second-order valence-corrected chi connectivity index (χ2v) is 11.8. The van der Waals surface area contributed by atoms with Gasteiger partial charge in [-0.05, 0) is 67.3 Å². The van der Waals surface area contributed by atoms with E-state index < -0.39 is 34.3 Å². The van der Waals surface area contributed by atoms with Gasteiger partial charge in [-0.3, -0.25) is 13.9 Å². The summed E-state index contributed by atoms with van der Waals surface area (Å²) in [5.41, 5.74) is 1.89. The predicted molar refractivity (Wildman–Crippen MR) is 158 cm³/mol. The number of anilines is 1. The Kier molecular flexibility index (Phi) is 11.3. The van der Waals surface area contributed by atoms with Gasteiger partial charge < -0.3 is 15.0 Å². The van der Waals surface area contributed by atoms with Crippen molar-refractivity contribution in [3.8, 4) is 5.75 Å². The van der Waals surface area contributed by atoms with Crippen LogP contribution in [0.15, 0.2) is 78.9 Å². The van der Waals surface area contributed by atoms with Crippen molar-refractivity contribution in [1.29, 1.82) is 0 Å². The van der Waals surface area contributed by atoms with Crippen LogP contribution in [0.4, 0.5) is 10.1 Å². The summed E-state index contributed by atoms with van der Waals surface area (Å²) in [6.07, 6.45) is 2.04. The number of amides is 2. The van der Waals surface area contributed by atoms with Crippen molar-refractivity contribution in [2.45, 2.75) is 58.8 Å². The maximum absolute atomic E-state index is 13.8. The molecule has 3 rings (SSSR count). The molecule has 10 heteroatoms. The third-order valence-corrected chi connectivity index (χ3v) is 7.85. The molecule has 0 heterocycles. The van der Waals surface area contributed by atoms with Gasteiger partial charge in [0.05, 0.1) is 11.9 Å². The summed E-state index contributed by atoms with van der Waals surface area (Å²) in [4.78, 5) is 28.3. The Bertz CT molecular complexity index is 1380. The van der Waals surface area contributed by atoms with Gasteiger partial charge in [0, 0.05) is 12.6 Å². The van der Waals surface area contributed by atoms with E-state index >= 15 is 0 Å². The highest BCUT2D eigenvalue weighted by Crippen LogP contribution is 2.23. The lowest BCUT2D eigenvalue weighted by Gasteiger charge is -2.33. The Hall–Kier alpha value is -3.92. The van der Waals surface area contributed by atoms with Gasteiger partial charge >= 0.3 is 0 Å². The van der Waals surface area contributed by atoms with Crippen LogP contribution >= 0.6 is 0 Å². The molecular formula is C31H38FN3O5S. The van der Waals surface area contributed by atoms with Crippen LogP contribution in [0.5, 0.6) is 5.75 Å². The summed E-state index contributed by atoms with van der Waals surface area (Å²) in [5.74, 6) is -0.769.